The average molecular weight is 390 g/mol. The van der Waals surface area contributed by atoms with Gasteiger partial charge in [0, 0.05) is 12.7 Å². The largest absolute Gasteiger partial charge is 0.462 e. The van der Waals surface area contributed by atoms with Gasteiger partial charge in [-0.15, -0.1) is 0 Å². The van der Waals surface area contributed by atoms with Gasteiger partial charge in [-0.2, -0.15) is 10.4 Å². The molecule has 148 valence electrons. The predicted octanol–water partition coefficient (Wildman–Crippen LogP) is 2.94. The third-order valence-corrected chi connectivity index (χ3v) is 4.28. The lowest BCUT2D eigenvalue weighted by Gasteiger charge is -2.06. The van der Waals surface area contributed by atoms with Crippen LogP contribution in [0.15, 0.2) is 48.7 Å². The van der Waals surface area contributed by atoms with Crippen molar-refractivity contribution in [1.29, 1.82) is 5.26 Å². The van der Waals surface area contributed by atoms with Crippen LogP contribution in [0.2, 0.25) is 0 Å². The molecule has 1 aromatic carbocycles. The first kappa shape index (κ1) is 19.9. The van der Waals surface area contributed by atoms with E-state index in [0.717, 1.165) is 12.1 Å². The summed E-state index contributed by atoms with van der Waals surface area (Å²) in [6, 6.07) is 15.0. The Hall–Kier alpha value is -3.86. The lowest BCUT2D eigenvalue weighted by Crippen LogP contribution is -2.08. The first-order valence-corrected chi connectivity index (χ1v) is 9.34. The van der Waals surface area contributed by atoms with Gasteiger partial charge in [0.25, 0.3) is 0 Å². The predicted molar refractivity (Wildman–Crippen MR) is 110 cm³/mol. The number of benzene rings is 1. The molecule has 2 heterocycles. The van der Waals surface area contributed by atoms with Crippen LogP contribution in [0.1, 0.15) is 35.0 Å². The molecule has 3 rings (SSSR count). The van der Waals surface area contributed by atoms with Crippen molar-refractivity contribution in [3.05, 3.63) is 65.5 Å². The fourth-order valence-electron chi connectivity index (χ4n) is 2.85. The van der Waals surface area contributed by atoms with Crippen LogP contribution in [0.4, 0.5) is 11.6 Å². The highest BCUT2D eigenvalue weighted by molar-refractivity contribution is 5.89. The average Bonchev–Trinajstić information content (AvgIpc) is 3.07. The van der Waals surface area contributed by atoms with Crippen molar-refractivity contribution < 1.29 is 9.53 Å². The van der Waals surface area contributed by atoms with E-state index in [-0.39, 0.29) is 5.97 Å². The molecule has 29 heavy (non-hydrogen) atoms. The number of ether oxygens (including phenoxy) is 1. The van der Waals surface area contributed by atoms with Crippen molar-refractivity contribution >= 4 is 17.6 Å². The second-order valence-corrected chi connectivity index (χ2v) is 6.25. The molecule has 0 fully saturated rings. The first-order chi connectivity index (χ1) is 14.1. The number of hydrogen-bond donors (Lipinski definition) is 2. The number of pyridine rings is 1. The summed E-state index contributed by atoms with van der Waals surface area (Å²) in [5, 5.41) is 17.2. The summed E-state index contributed by atoms with van der Waals surface area (Å²) in [5.41, 5.74) is 8.42. The normalized spacial score (nSPS) is 10.3. The summed E-state index contributed by atoms with van der Waals surface area (Å²) in [4.78, 5) is 15.9. The number of aromatic nitrogens is 3. The van der Waals surface area contributed by atoms with E-state index in [0.29, 0.717) is 48.0 Å². The number of nitrogens with one attached hydrogen (secondary N) is 1. The van der Waals surface area contributed by atoms with E-state index < -0.39 is 0 Å². The Labute approximate surface area is 168 Å². The van der Waals surface area contributed by atoms with Gasteiger partial charge in [0.05, 0.1) is 23.6 Å². The monoisotopic (exact) mass is 390 g/mol. The molecule has 3 aromatic rings. The molecule has 0 radical (unpaired) electrons. The Morgan fingerprint density at radius 2 is 2.07 bits per heavy atom. The zero-order chi connectivity index (χ0) is 20.6. The minimum absolute atomic E-state index is 0.327. The summed E-state index contributed by atoms with van der Waals surface area (Å²) in [6.45, 7) is 2.72. The van der Waals surface area contributed by atoms with Crippen molar-refractivity contribution in [2.45, 2.75) is 19.8 Å². The number of nitriles is 1. The molecule has 0 unspecified atom stereocenters. The van der Waals surface area contributed by atoms with Crippen molar-refractivity contribution in [3.8, 4) is 11.8 Å². The Morgan fingerprint density at radius 3 is 2.72 bits per heavy atom. The summed E-state index contributed by atoms with van der Waals surface area (Å²) in [7, 11) is 0. The number of rotatable bonds is 8. The van der Waals surface area contributed by atoms with Gasteiger partial charge in [0.15, 0.2) is 0 Å². The molecular formula is C21H22N6O2. The summed E-state index contributed by atoms with van der Waals surface area (Å²) >= 11 is 0. The van der Waals surface area contributed by atoms with Crippen LogP contribution in [0.3, 0.4) is 0 Å². The summed E-state index contributed by atoms with van der Waals surface area (Å²) in [6.07, 6.45) is 2.82. The number of nitrogen functional groups attached to an aromatic ring is 1. The zero-order valence-electron chi connectivity index (χ0n) is 16.1. The molecule has 8 nitrogen and oxygen atoms in total. The molecule has 0 saturated heterocycles. The molecule has 0 aliphatic carbocycles. The number of aryl methyl sites for hydroxylation is 1. The molecular weight excluding hydrogens is 368 g/mol. The maximum atomic E-state index is 11.6. The third-order valence-electron chi connectivity index (χ3n) is 4.28. The molecule has 0 atom stereocenters. The van der Waals surface area contributed by atoms with Crippen LogP contribution in [-0.4, -0.2) is 33.9 Å². The lowest BCUT2D eigenvalue weighted by molar-refractivity contribution is 0.0526. The van der Waals surface area contributed by atoms with Gasteiger partial charge in [-0.1, -0.05) is 18.2 Å². The van der Waals surface area contributed by atoms with E-state index in [4.69, 9.17) is 10.5 Å². The maximum Gasteiger partial charge on any atom is 0.339 e. The molecule has 3 N–H and O–H groups in total. The smallest absolute Gasteiger partial charge is 0.339 e. The van der Waals surface area contributed by atoms with Gasteiger partial charge in [-0.25, -0.2) is 14.5 Å². The Bertz CT molecular complexity index is 1010. The quantitative estimate of drug-likeness (QED) is 0.448. The van der Waals surface area contributed by atoms with Crippen LogP contribution in [0, 0.1) is 11.3 Å². The van der Waals surface area contributed by atoms with Gasteiger partial charge >= 0.3 is 5.97 Å². The second kappa shape index (κ2) is 9.37. The number of hydrogen-bond acceptors (Lipinski definition) is 7. The third kappa shape index (κ3) is 4.71. The van der Waals surface area contributed by atoms with E-state index >= 15 is 0 Å². The van der Waals surface area contributed by atoms with E-state index in [1.54, 1.807) is 23.7 Å². The highest BCUT2D eigenvalue weighted by Gasteiger charge is 2.16. The zero-order valence-corrected chi connectivity index (χ0v) is 16.1. The minimum Gasteiger partial charge on any atom is -0.462 e. The lowest BCUT2D eigenvalue weighted by atomic mass is 10.1. The van der Waals surface area contributed by atoms with E-state index in [1.807, 2.05) is 30.3 Å². The van der Waals surface area contributed by atoms with Crippen molar-refractivity contribution in [2.24, 2.45) is 0 Å². The maximum absolute atomic E-state index is 11.6. The number of nitrogens with two attached hydrogens (primary N) is 1. The molecule has 0 saturated carbocycles. The van der Waals surface area contributed by atoms with Crippen molar-refractivity contribution in [3.63, 3.8) is 0 Å². The van der Waals surface area contributed by atoms with Crippen LogP contribution < -0.4 is 11.1 Å². The summed E-state index contributed by atoms with van der Waals surface area (Å²) in [5.74, 6) is 0.618. The number of esters is 1. The van der Waals surface area contributed by atoms with Gasteiger partial charge in [0.2, 0.25) is 0 Å². The standard InChI is InChI=1S/C21H22N6O2/c1-2-29-21(28)15-10-11-19(25-14-15)24-12-6-9-18-17(13-22)20(23)27(26-18)16-7-4-3-5-8-16/h3-5,7-8,10-11,14H,2,6,9,12,23H2,1H3,(H,24,25). The van der Waals surface area contributed by atoms with Gasteiger partial charge in [-0.3, -0.25) is 0 Å². The van der Waals surface area contributed by atoms with Crippen LogP contribution in [0.5, 0.6) is 0 Å². The first-order valence-electron chi connectivity index (χ1n) is 9.34. The molecule has 2 aromatic heterocycles. The van der Waals surface area contributed by atoms with Gasteiger partial charge in [0.1, 0.15) is 23.3 Å². The van der Waals surface area contributed by atoms with E-state index in [2.05, 4.69) is 21.5 Å². The fraction of sp³-hybridized carbons (Fsp3) is 0.238. The Kier molecular flexibility index (Phi) is 6.43. The fourth-order valence-corrected chi connectivity index (χ4v) is 2.85. The molecule has 0 aliphatic rings. The SMILES string of the molecule is CCOC(=O)c1ccc(NCCCc2nn(-c3ccccc3)c(N)c2C#N)nc1. The number of nitrogens with zero attached hydrogens (tertiary/aromatic N) is 4. The molecule has 0 aliphatic heterocycles. The van der Waals surface area contributed by atoms with Crippen LogP contribution in [0.25, 0.3) is 5.69 Å². The van der Waals surface area contributed by atoms with Gasteiger partial charge in [-0.05, 0) is 44.0 Å². The highest BCUT2D eigenvalue weighted by Crippen LogP contribution is 2.21. The minimum atomic E-state index is -0.387. The van der Waals surface area contributed by atoms with Crippen LogP contribution in [-0.2, 0) is 11.2 Å². The molecule has 8 heteroatoms. The molecule has 0 amide bonds. The van der Waals surface area contributed by atoms with Gasteiger partial charge < -0.3 is 15.8 Å². The van der Waals surface area contributed by atoms with Crippen molar-refractivity contribution in [2.75, 3.05) is 24.2 Å². The number of anilines is 2. The van der Waals surface area contributed by atoms with E-state index in [9.17, 15) is 10.1 Å². The van der Waals surface area contributed by atoms with Crippen molar-refractivity contribution in [1.82, 2.24) is 14.8 Å². The number of para-hydroxylation sites is 1. The highest BCUT2D eigenvalue weighted by atomic mass is 16.5. The Balaban J connectivity index is 1.58. The summed E-state index contributed by atoms with van der Waals surface area (Å²) < 4.78 is 6.53. The number of carbonyl (C=O) groups excluding carboxylic acids is 1. The Morgan fingerprint density at radius 1 is 1.28 bits per heavy atom. The number of carbonyl (C=O) groups is 1. The molecule has 0 spiro atoms. The van der Waals surface area contributed by atoms with E-state index in [1.165, 1.54) is 6.20 Å². The van der Waals surface area contributed by atoms with Crippen LogP contribution >= 0.6 is 0 Å². The molecule has 0 bridgehead atoms. The topological polar surface area (TPSA) is 119 Å². The second-order valence-electron chi connectivity index (χ2n) is 6.25.